The zero-order chi connectivity index (χ0) is 12.4. The average Bonchev–Trinajstić information content (AvgIpc) is 2.27. The predicted octanol–water partition coefficient (Wildman–Crippen LogP) is -0.486. The van der Waals surface area contributed by atoms with Crippen LogP contribution >= 0.6 is 0 Å². The fourth-order valence-corrected chi connectivity index (χ4v) is 1.96. The zero-order valence-electron chi connectivity index (χ0n) is 9.56. The van der Waals surface area contributed by atoms with Crippen LogP contribution in [0.25, 0.3) is 0 Å². The van der Waals surface area contributed by atoms with Crippen LogP contribution in [0.15, 0.2) is 16.9 Å². The second-order valence-corrected chi connectivity index (χ2v) is 4.17. The lowest BCUT2D eigenvalue weighted by Crippen LogP contribution is -2.52. The molecule has 1 atom stereocenters. The standard InChI is InChI=1S/C11H15N3O3/c1-7-6-12-2-3-14(7)11(17)8-4-9(15)13-10(16)5-8/h4-5,7,12H,2-3,6H2,1H3,(H2,13,15,16)/t7-/m0/s1. The summed E-state index contributed by atoms with van der Waals surface area (Å²) >= 11 is 0. The minimum atomic E-state index is -0.476. The maximum Gasteiger partial charge on any atom is 0.254 e. The van der Waals surface area contributed by atoms with Gasteiger partial charge < -0.3 is 15.3 Å². The number of aromatic amines is 1. The van der Waals surface area contributed by atoms with Crippen molar-refractivity contribution in [2.45, 2.75) is 13.0 Å². The molecule has 6 heteroatoms. The molecule has 1 aromatic rings. The quantitative estimate of drug-likeness (QED) is 0.615. The first-order valence-corrected chi connectivity index (χ1v) is 5.53. The molecule has 17 heavy (non-hydrogen) atoms. The molecule has 0 bridgehead atoms. The van der Waals surface area contributed by atoms with E-state index < -0.39 is 5.56 Å². The number of aromatic hydroxyl groups is 1. The van der Waals surface area contributed by atoms with Crippen LogP contribution in [0.3, 0.4) is 0 Å². The average molecular weight is 237 g/mol. The predicted molar refractivity (Wildman–Crippen MR) is 62.1 cm³/mol. The summed E-state index contributed by atoms with van der Waals surface area (Å²) in [6.07, 6.45) is 0. The van der Waals surface area contributed by atoms with Crippen LogP contribution in [-0.2, 0) is 0 Å². The molecule has 2 rings (SSSR count). The van der Waals surface area contributed by atoms with Crippen LogP contribution in [0.4, 0.5) is 0 Å². The van der Waals surface area contributed by atoms with Crippen LogP contribution in [0, 0.1) is 0 Å². The van der Waals surface area contributed by atoms with Gasteiger partial charge in [-0.2, -0.15) is 0 Å². The fourth-order valence-electron chi connectivity index (χ4n) is 1.96. The first-order valence-electron chi connectivity index (χ1n) is 5.53. The SMILES string of the molecule is C[C@H]1CNCCN1C(=O)c1cc(O)[nH]c(=O)c1. The van der Waals surface area contributed by atoms with Gasteiger partial charge in [0.1, 0.15) is 0 Å². The lowest BCUT2D eigenvalue weighted by Gasteiger charge is -2.34. The molecule has 2 heterocycles. The van der Waals surface area contributed by atoms with Gasteiger partial charge in [-0.05, 0) is 6.92 Å². The number of H-pyrrole nitrogens is 1. The first-order chi connectivity index (χ1) is 8.08. The number of carbonyl (C=O) groups excluding carboxylic acids is 1. The fraction of sp³-hybridized carbons (Fsp3) is 0.455. The van der Waals surface area contributed by atoms with E-state index >= 15 is 0 Å². The van der Waals surface area contributed by atoms with E-state index in [0.717, 1.165) is 13.1 Å². The summed E-state index contributed by atoms with van der Waals surface area (Å²) < 4.78 is 0. The van der Waals surface area contributed by atoms with Crippen LogP contribution in [0.1, 0.15) is 17.3 Å². The lowest BCUT2D eigenvalue weighted by molar-refractivity contribution is 0.0655. The van der Waals surface area contributed by atoms with Gasteiger partial charge in [0.15, 0.2) is 5.88 Å². The Balaban J connectivity index is 2.26. The number of hydrogen-bond donors (Lipinski definition) is 3. The molecule has 1 aliphatic rings. The molecule has 1 aromatic heterocycles. The molecule has 0 aliphatic carbocycles. The van der Waals surface area contributed by atoms with Gasteiger partial charge in [0.2, 0.25) is 0 Å². The smallest absolute Gasteiger partial charge is 0.254 e. The largest absolute Gasteiger partial charge is 0.494 e. The second kappa shape index (κ2) is 4.58. The molecule has 0 radical (unpaired) electrons. The van der Waals surface area contributed by atoms with Crippen molar-refractivity contribution >= 4 is 5.91 Å². The Bertz CT molecular complexity index is 483. The van der Waals surface area contributed by atoms with Gasteiger partial charge in [-0.3, -0.25) is 14.6 Å². The highest BCUT2D eigenvalue weighted by Crippen LogP contribution is 2.11. The van der Waals surface area contributed by atoms with E-state index in [2.05, 4.69) is 10.3 Å². The highest BCUT2D eigenvalue weighted by molar-refractivity contribution is 5.94. The second-order valence-electron chi connectivity index (χ2n) is 4.17. The number of aromatic nitrogens is 1. The number of carbonyl (C=O) groups is 1. The Labute approximate surface area is 98.3 Å². The Kier molecular flexibility index (Phi) is 3.14. The number of pyridine rings is 1. The summed E-state index contributed by atoms with van der Waals surface area (Å²) in [4.78, 5) is 27.2. The molecule has 6 nitrogen and oxygen atoms in total. The van der Waals surface area contributed by atoms with Gasteiger partial charge in [-0.25, -0.2) is 0 Å². The summed E-state index contributed by atoms with van der Waals surface area (Å²) in [5.41, 5.74) is -0.254. The van der Waals surface area contributed by atoms with Crippen molar-refractivity contribution in [3.8, 4) is 5.88 Å². The summed E-state index contributed by atoms with van der Waals surface area (Å²) in [5.74, 6) is -0.510. The van der Waals surface area contributed by atoms with Gasteiger partial charge in [-0.15, -0.1) is 0 Å². The maximum absolute atomic E-state index is 12.1. The number of rotatable bonds is 1. The molecule has 0 aromatic carbocycles. The topological polar surface area (TPSA) is 85.4 Å². The van der Waals surface area contributed by atoms with Crippen LogP contribution in [0.5, 0.6) is 5.88 Å². The monoisotopic (exact) mass is 237 g/mol. The van der Waals surface area contributed by atoms with Crippen molar-refractivity contribution in [3.63, 3.8) is 0 Å². The van der Waals surface area contributed by atoms with Gasteiger partial charge in [0.05, 0.1) is 5.56 Å². The Morgan fingerprint density at radius 3 is 2.94 bits per heavy atom. The minimum Gasteiger partial charge on any atom is -0.494 e. The zero-order valence-corrected chi connectivity index (χ0v) is 9.56. The van der Waals surface area contributed by atoms with Gasteiger partial charge in [-0.1, -0.05) is 0 Å². The molecule has 1 aliphatic heterocycles. The Morgan fingerprint density at radius 1 is 1.53 bits per heavy atom. The number of hydrogen-bond acceptors (Lipinski definition) is 4. The minimum absolute atomic E-state index is 0.0812. The number of amides is 1. The molecule has 0 spiro atoms. The van der Waals surface area contributed by atoms with Crippen LogP contribution < -0.4 is 10.9 Å². The van der Waals surface area contributed by atoms with Crippen molar-refractivity contribution in [1.29, 1.82) is 0 Å². The Morgan fingerprint density at radius 2 is 2.29 bits per heavy atom. The molecule has 0 unspecified atom stereocenters. The van der Waals surface area contributed by atoms with Crippen molar-refractivity contribution in [2.75, 3.05) is 19.6 Å². The summed E-state index contributed by atoms with van der Waals surface area (Å²) in [7, 11) is 0. The van der Waals surface area contributed by atoms with E-state index in [1.54, 1.807) is 4.90 Å². The normalized spacial score (nSPS) is 20.3. The molecule has 1 saturated heterocycles. The third-order valence-corrected chi connectivity index (χ3v) is 2.84. The molecule has 3 N–H and O–H groups in total. The van der Waals surface area contributed by atoms with E-state index in [-0.39, 0.29) is 23.4 Å². The molecular formula is C11H15N3O3. The van der Waals surface area contributed by atoms with Crippen molar-refractivity contribution in [2.24, 2.45) is 0 Å². The van der Waals surface area contributed by atoms with Gasteiger partial charge in [0.25, 0.3) is 11.5 Å². The summed E-state index contributed by atoms with van der Waals surface area (Å²) in [6, 6.07) is 2.56. The first kappa shape index (κ1) is 11.7. The maximum atomic E-state index is 12.1. The summed E-state index contributed by atoms with van der Waals surface area (Å²) in [6.45, 7) is 4.02. The van der Waals surface area contributed by atoms with Crippen LogP contribution in [-0.4, -0.2) is 46.6 Å². The van der Waals surface area contributed by atoms with E-state index in [0.29, 0.717) is 6.54 Å². The van der Waals surface area contributed by atoms with Crippen LogP contribution in [0.2, 0.25) is 0 Å². The number of nitrogens with one attached hydrogen (secondary N) is 2. The van der Waals surface area contributed by atoms with Crippen molar-refractivity contribution in [3.05, 3.63) is 28.0 Å². The van der Waals surface area contributed by atoms with E-state index in [4.69, 9.17) is 0 Å². The van der Waals surface area contributed by atoms with Crippen molar-refractivity contribution in [1.82, 2.24) is 15.2 Å². The third kappa shape index (κ3) is 2.47. The summed E-state index contributed by atoms with van der Waals surface area (Å²) in [5, 5.41) is 12.5. The van der Waals surface area contributed by atoms with Crippen molar-refractivity contribution < 1.29 is 9.90 Å². The number of piperazine rings is 1. The third-order valence-electron chi connectivity index (χ3n) is 2.84. The number of nitrogens with zero attached hydrogens (tertiary/aromatic N) is 1. The molecule has 1 amide bonds. The molecule has 92 valence electrons. The Hall–Kier alpha value is -1.82. The highest BCUT2D eigenvalue weighted by Gasteiger charge is 2.24. The van der Waals surface area contributed by atoms with E-state index in [1.165, 1.54) is 12.1 Å². The van der Waals surface area contributed by atoms with E-state index in [9.17, 15) is 14.7 Å². The van der Waals surface area contributed by atoms with Gasteiger partial charge >= 0.3 is 0 Å². The van der Waals surface area contributed by atoms with Gasteiger partial charge in [0, 0.05) is 37.8 Å². The molecule has 0 saturated carbocycles. The molecular weight excluding hydrogens is 222 g/mol. The molecule has 1 fully saturated rings. The highest BCUT2D eigenvalue weighted by atomic mass is 16.3. The lowest BCUT2D eigenvalue weighted by atomic mass is 10.1. The van der Waals surface area contributed by atoms with E-state index in [1.807, 2.05) is 6.92 Å².